The molecule has 1 N–H and O–H groups in total. The van der Waals surface area contributed by atoms with Crippen molar-refractivity contribution in [3.05, 3.63) is 30.3 Å². The van der Waals surface area contributed by atoms with Gasteiger partial charge < -0.3 is 19.3 Å². The Morgan fingerprint density at radius 2 is 2.25 bits per heavy atom. The van der Waals surface area contributed by atoms with Gasteiger partial charge in [0.05, 0.1) is 24.9 Å². The zero-order chi connectivity index (χ0) is 19.5. The number of benzene rings is 1. The van der Waals surface area contributed by atoms with Crippen LogP contribution in [-0.4, -0.2) is 50.0 Å². The number of ketones is 1. The van der Waals surface area contributed by atoms with E-state index in [0.717, 1.165) is 5.75 Å². The molecule has 1 aromatic carbocycles. The van der Waals surface area contributed by atoms with E-state index in [2.05, 4.69) is 5.11 Å². The van der Waals surface area contributed by atoms with Crippen molar-refractivity contribution in [3.8, 4) is 5.75 Å². The number of aliphatic hydroxyl groups excluding tert-OH is 1. The minimum Gasteiger partial charge on any atom is -0.493 e. The van der Waals surface area contributed by atoms with Crippen LogP contribution in [0.1, 0.15) is 28.9 Å². The van der Waals surface area contributed by atoms with E-state index in [1.165, 1.54) is 7.11 Å². The van der Waals surface area contributed by atoms with Gasteiger partial charge in [-0.2, -0.15) is 0 Å². The van der Waals surface area contributed by atoms with Gasteiger partial charge in [0.2, 0.25) is 1.43 Å². The molecule has 2 aliphatic carbocycles. The fraction of sp³-hybridized carbons (Fsp3) is 0.632. The second-order valence-electron chi connectivity index (χ2n) is 7.10. The lowest BCUT2D eigenvalue weighted by Crippen LogP contribution is -2.31. The quantitative estimate of drug-likeness (QED) is 0.736. The molecule has 1 heterocycles. The number of fused-ring (bicyclic) bond motifs is 1. The van der Waals surface area contributed by atoms with Crippen molar-refractivity contribution in [2.75, 3.05) is 20.3 Å². The van der Waals surface area contributed by atoms with E-state index < -0.39 is 28.8 Å². The number of hydrogen-bond donors (Lipinski definition) is 1. The zero-order valence-corrected chi connectivity index (χ0v) is 13.9. The summed E-state index contributed by atoms with van der Waals surface area (Å²) in [5.41, 5.74) is -2.74. The van der Waals surface area contributed by atoms with Crippen LogP contribution in [0.15, 0.2) is 30.3 Å². The topological polar surface area (TPSA) is 68.3 Å². The third kappa shape index (κ3) is 1.89. The molecule has 1 saturated heterocycles. The normalized spacial score (nSPS) is 46.6. The summed E-state index contributed by atoms with van der Waals surface area (Å²) in [5, 5.41) is 4.64. The molecular formula is C19H24O5. The van der Waals surface area contributed by atoms with E-state index >= 15 is 0 Å². The number of methoxy groups -OCH3 is 1. The number of Topliss-reactive ketones (excluding diaryl/α,β-unsaturated/α-hetero) is 1. The average molecular weight is 335 g/mol. The summed E-state index contributed by atoms with van der Waals surface area (Å²) in [5.74, 6) is -0.0968. The Hall–Kier alpha value is -1.43. The smallest absolute Gasteiger partial charge is 0.210 e. The molecule has 2 saturated carbocycles. The van der Waals surface area contributed by atoms with Crippen molar-refractivity contribution >= 4 is 5.78 Å². The Morgan fingerprint density at radius 3 is 2.96 bits per heavy atom. The monoisotopic (exact) mass is 335 g/mol. The van der Waals surface area contributed by atoms with E-state index in [9.17, 15) is 4.79 Å². The number of para-hydroxylation sites is 1. The summed E-state index contributed by atoms with van der Waals surface area (Å²) in [6.07, 6.45) is -1.43. The summed E-state index contributed by atoms with van der Waals surface area (Å²) in [6.45, 7) is 2.36. The lowest BCUT2D eigenvalue weighted by atomic mass is 9.89. The van der Waals surface area contributed by atoms with Crippen molar-refractivity contribution in [3.63, 3.8) is 0 Å². The minimum absolute atomic E-state index is 0.0115. The maximum atomic E-state index is 12.8. The Kier molecular flexibility index (Phi) is 2.83. The molecule has 3 aliphatic rings. The number of rotatable bonds is 8. The molecule has 5 heteroatoms. The van der Waals surface area contributed by atoms with Crippen LogP contribution in [0.2, 0.25) is 0 Å². The van der Waals surface area contributed by atoms with Crippen LogP contribution in [0, 0.1) is 11.3 Å². The lowest BCUT2D eigenvalue weighted by molar-refractivity contribution is -0.132. The highest BCUT2D eigenvalue weighted by Gasteiger charge is 2.90. The van der Waals surface area contributed by atoms with Crippen LogP contribution < -0.4 is 4.74 Å². The summed E-state index contributed by atoms with van der Waals surface area (Å²) in [7, 11) is 1.43. The SMILES string of the molecule is [2H]OC[C@@]12CC([2H])([2H])C(=O)[C@]1(OC)[C@@H]2C1(C)O[C@@H]1CCOc1ccccc1. The van der Waals surface area contributed by atoms with Crippen molar-refractivity contribution in [2.24, 2.45) is 11.3 Å². The summed E-state index contributed by atoms with van der Waals surface area (Å²) in [4.78, 5) is 12.8. The summed E-state index contributed by atoms with van der Waals surface area (Å²) < 4.78 is 40.5. The molecule has 5 nitrogen and oxygen atoms in total. The lowest BCUT2D eigenvalue weighted by Gasteiger charge is -2.15. The standard InChI is InChI=1S/C19H24O5/c1-17(15(24-17)9-11-23-13-6-4-3-5-7-13)16-18(12-20)10-8-14(21)19(16,18)22-2/h3-7,15-16,20H,8-12H2,1-2H3/t15-,16-,17?,18-,19+/m1/s1/i8D2,20D. The predicted molar refractivity (Wildman–Crippen MR) is 86.8 cm³/mol. The molecule has 0 aromatic heterocycles. The molecule has 1 aliphatic heterocycles. The van der Waals surface area contributed by atoms with Gasteiger partial charge in [-0.05, 0) is 25.5 Å². The molecule has 0 spiro atoms. The van der Waals surface area contributed by atoms with Gasteiger partial charge in [-0.1, -0.05) is 18.2 Å². The predicted octanol–water partition coefficient (Wildman–Crippen LogP) is 1.97. The van der Waals surface area contributed by atoms with E-state index in [1.54, 1.807) is 0 Å². The zero-order valence-electron chi connectivity index (χ0n) is 16.9. The molecule has 0 amide bonds. The first-order chi connectivity index (χ1) is 12.8. The van der Waals surface area contributed by atoms with Gasteiger partial charge >= 0.3 is 0 Å². The van der Waals surface area contributed by atoms with Gasteiger partial charge in [0.15, 0.2) is 5.78 Å². The first kappa shape index (κ1) is 12.9. The van der Waals surface area contributed by atoms with Gasteiger partial charge in [0.1, 0.15) is 11.4 Å². The second-order valence-corrected chi connectivity index (χ2v) is 7.10. The summed E-state index contributed by atoms with van der Waals surface area (Å²) in [6, 6.07) is 9.52. The average Bonchev–Trinajstić information content (AvgIpc) is 3.44. The molecule has 0 radical (unpaired) electrons. The van der Waals surface area contributed by atoms with Crippen LogP contribution in [0.5, 0.6) is 5.75 Å². The van der Waals surface area contributed by atoms with E-state index in [1.807, 2.05) is 37.3 Å². The molecule has 24 heavy (non-hydrogen) atoms. The highest BCUT2D eigenvalue weighted by molar-refractivity contribution is 5.96. The van der Waals surface area contributed by atoms with Gasteiger partial charge in [-0.15, -0.1) is 0 Å². The van der Waals surface area contributed by atoms with Crippen molar-refractivity contribution in [2.45, 2.75) is 43.4 Å². The maximum absolute atomic E-state index is 12.8. The van der Waals surface area contributed by atoms with Crippen LogP contribution in [0.25, 0.3) is 0 Å². The third-order valence-electron chi connectivity index (χ3n) is 6.04. The molecule has 1 aromatic rings. The molecule has 5 atom stereocenters. The molecule has 1 unspecified atom stereocenters. The van der Waals surface area contributed by atoms with Crippen LogP contribution in [-0.2, 0) is 14.3 Å². The Morgan fingerprint density at radius 1 is 1.46 bits per heavy atom. The molecule has 3 fully saturated rings. The molecule has 130 valence electrons. The highest BCUT2D eigenvalue weighted by atomic mass is 16.6. The fourth-order valence-electron chi connectivity index (χ4n) is 4.80. The van der Waals surface area contributed by atoms with Crippen LogP contribution in [0.3, 0.4) is 0 Å². The van der Waals surface area contributed by atoms with Crippen molar-refractivity contribution < 1.29 is 26.9 Å². The van der Waals surface area contributed by atoms with E-state index in [4.69, 9.17) is 18.4 Å². The number of hydrogen-bond acceptors (Lipinski definition) is 5. The van der Waals surface area contributed by atoms with E-state index in [-0.39, 0.29) is 25.0 Å². The van der Waals surface area contributed by atoms with Gasteiger partial charge in [-0.25, -0.2) is 0 Å². The molecule has 0 bridgehead atoms. The van der Waals surface area contributed by atoms with Crippen LogP contribution in [0.4, 0.5) is 0 Å². The summed E-state index contributed by atoms with van der Waals surface area (Å²) >= 11 is 0. The van der Waals surface area contributed by atoms with Gasteiger partial charge in [-0.3, -0.25) is 4.79 Å². The van der Waals surface area contributed by atoms with E-state index in [0.29, 0.717) is 13.0 Å². The number of epoxide rings is 1. The van der Waals surface area contributed by atoms with Gasteiger partial charge in [0.25, 0.3) is 0 Å². The van der Waals surface area contributed by atoms with Crippen LogP contribution >= 0.6 is 0 Å². The minimum atomic E-state index is -1.97. The second kappa shape index (κ2) is 5.28. The number of carbonyl (C=O) groups is 1. The fourth-order valence-corrected chi connectivity index (χ4v) is 4.80. The Bertz CT molecular complexity index is 744. The van der Waals surface area contributed by atoms with Gasteiger partial charge in [0, 0.05) is 34.0 Å². The Labute approximate surface area is 146 Å². The largest absolute Gasteiger partial charge is 0.493 e. The van der Waals surface area contributed by atoms with Crippen molar-refractivity contribution in [1.82, 2.24) is 0 Å². The number of aliphatic hydroxyl groups is 1. The Balaban J connectivity index is 1.46. The van der Waals surface area contributed by atoms with Crippen molar-refractivity contribution in [1.29, 1.82) is 1.43 Å². The molecule has 4 rings (SSSR count). The third-order valence-corrected chi connectivity index (χ3v) is 6.04. The maximum Gasteiger partial charge on any atom is 0.210 e. The number of ether oxygens (including phenoxy) is 3. The molecular weight excluding hydrogens is 308 g/mol. The number of carbonyl (C=O) groups excluding carboxylic acids is 1. The first-order valence-electron chi connectivity index (χ1n) is 9.73. The highest BCUT2D eigenvalue weighted by Crippen LogP contribution is 2.78. The first-order valence-corrected chi connectivity index (χ1v) is 8.32.